The van der Waals surface area contributed by atoms with Crippen LogP contribution in [0.4, 0.5) is 5.82 Å². The smallest absolute Gasteiger partial charge is 0.165 e. The molecule has 0 aliphatic heterocycles. The summed E-state index contributed by atoms with van der Waals surface area (Å²) >= 11 is 0. The summed E-state index contributed by atoms with van der Waals surface area (Å²) < 4.78 is 0. The van der Waals surface area contributed by atoms with Crippen molar-refractivity contribution in [3.63, 3.8) is 0 Å². The summed E-state index contributed by atoms with van der Waals surface area (Å²) in [5.41, 5.74) is 2.63. The highest BCUT2D eigenvalue weighted by Crippen LogP contribution is 2.28. The molecule has 0 spiro atoms. The number of nitrogens with zero attached hydrogens (tertiary/aromatic N) is 3. The first kappa shape index (κ1) is 15.9. The zero-order valence-electron chi connectivity index (χ0n) is 13.8. The average molecular weight is 320 g/mol. The van der Waals surface area contributed by atoms with Gasteiger partial charge in [0.1, 0.15) is 11.6 Å². The number of anilines is 1. The van der Waals surface area contributed by atoms with E-state index in [1.807, 2.05) is 37.3 Å². The minimum atomic E-state index is 0.138. The van der Waals surface area contributed by atoms with Crippen LogP contribution in [-0.4, -0.2) is 20.1 Å². The van der Waals surface area contributed by atoms with Crippen LogP contribution in [0.3, 0.4) is 0 Å². The molecule has 1 unspecified atom stereocenters. The molecule has 24 heavy (non-hydrogen) atoms. The lowest BCUT2D eigenvalue weighted by Crippen LogP contribution is -2.11. The fraction of sp³-hybridized carbons (Fsp3) is 0.211. The van der Waals surface area contributed by atoms with Gasteiger partial charge < -0.3 is 10.4 Å². The number of phenols is 1. The van der Waals surface area contributed by atoms with Crippen molar-refractivity contribution in [3.8, 4) is 17.1 Å². The molecule has 2 heterocycles. The number of pyridine rings is 1. The van der Waals surface area contributed by atoms with E-state index in [1.54, 1.807) is 24.5 Å². The van der Waals surface area contributed by atoms with Crippen molar-refractivity contribution >= 4 is 5.82 Å². The molecule has 0 aliphatic rings. The van der Waals surface area contributed by atoms with Crippen LogP contribution in [-0.2, 0) is 0 Å². The van der Waals surface area contributed by atoms with E-state index >= 15 is 0 Å². The fourth-order valence-corrected chi connectivity index (χ4v) is 2.62. The van der Waals surface area contributed by atoms with E-state index < -0.39 is 0 Å². The molecule has 3 aromatic rings. The number of aromatic hydroxyl groups is 1. The van der Waals surface area contributed by atoms with Crippen LogP contribution >= 0.6 is 0 Å². The van der Waals surface area contributed by atoms with Gasteiger partial charge in [-0.2, -0.15) is 0 Å². The Morgan fingerprint density at radius 3 is 2.54 bits per heavy atom. The molecule has 0 fully saturated rings. The van der Waals surface area contributed by atoms with Crippen molar-refractivity contribution in [2.45, 2.75) is 26.3 Å². The number of nitrogens with one attached hydrogen (secondary N) is 1. The van der Waals surface area contributed by atoms with E-state index in [4.69, 9.17) is 0 Å². The molecule has 2 N–H and O–H groups in total. The Balaban J connectivity index is 1.93. The quantitative estimate of drug-likeness (QED) is 0.740. The molecule has 5 heteroatoms. The first-order chi connectivity index (χ1) is 11.7. The van der Waals surface area contributed by atoms with Crippen LogP contribution in [0, 0.1) is 6.92 Å². The Bertz CT molecular complexity index is 821. The van der Waals surface area contributed by atoms with Gasteiger partial charge in [0.25, 0.3) is 0 Å². The van der Waals surface area contributed by atoms with Gasteiger partial charge in [-0.3, -0.25) is 4.98 Å². The van der Waals surface area contributed by atoms with Crippen LogP contribution < -0.4 is 5.32 Å². The topological polar surface area (TPSA) is 70.9 Å². The van der Waals surface area contributed by atoms with Crippen molar-refractivity contribution in [1.82, 2.24) is 15.0 Å². The second kappa shape index (κ2) is 7.08. The van der Waals surface area contributed by atoms with Gasteiger partial charge in [-0.05, 0) is 43.2 Å². The summed E-state index contributed by atoms with van der Waals surface area (Å²) in [5.74, 6) is 1.43. The van der Waals surface area contributed by atoms with E-state index in [-0.39, 0.29) is 11.8 Å². The van der Waals surface area contributed by atoms with Gasteiger partial charge in [0.2, 0.25) is 0 Å². The van der Waals surface area contributed by atoms with Crippen molar-refractivity contribution in [2.24, 2.45) is 0 Å². The van der Waals surface area contributed by atoms with E-state index in [0.717, 1.165) is 23.5 Å². The lowest BCUT2D eigenvalue weighted by molar-refractivity contribution is 0.477. The summed E-state index contributed by atoms with van der Waals surface area (Å²) in [6.45, 7) is 4.04. The van der Waals surface area contributed by atoms with Gasteiger partial charge in [-0.1, -0.05) is 19.1 Å². The minimum Gasteiger partial charge on any atom is -0.507 e. The Hall–Kier alpha value is -2.95. The number of benzene rings is 1. The Kier molecular flexibility index (Phi) is 4.70. The molecule has 3 rings (SSSR count). The minimum absolute atomic E-state index is 0.138. The molecule has 122 valence electrons. The number of hydrogen-bond acceptors (Lipinski definition) is 5. The summed E-state index contributed by atoms with van der Waals surface area (Å²) in [5, 5.41) is 13.5. The molecule has 0 aliphatic carbocycles. The molecule has 5 nitrogen and oxygen atoms in total. The molecule has 0 radical (unpaired) electrons. The maximum absolute atomic E-state index is 10.0. The number of hydrogen-bond donors (Lipinski definition) is 2. The lowest BCUT2D eigenvalue weighted by Gasteiger charge is -2.18. The molecule has 0 saturated carbocycles. The monoisotopic (exact) mass is 320 g/mol. The summed E-state index contributed by atoms with van der Waals surface area (Å²) in [4.78, 5) is 13.1. The highest BCUT2D eigenvalue weighted by atomic mass is 16.3. The average Bonchev–Trinajstić information content (AvgIpc) is 2.60. The third-order valence-corrected chi connectivity index (χ3v) is 3.84. The third kappa shape index (κ3) is 3.51. The molecule has 0 amide bonds. The largest absolute Gasteiger partial charge is 0.507 e. The Morgan fingerprint density at radius 1 is 1.08 bits per heavy atom. The van der Waals surface area contributed by atoms with Crippen molar-refractivity contribution in [2.75, 3.05) is 5.32 Å². The number of rotatable bonds is 5. The van der Waals surface area contributed by atoms with Gasteiger partial charge in [0.05, 0.1) is 11.6 Å². The molecular weight excluding hydrogens is 300 g/mol. The van der Waals surface area contributed by atoms with Crippen LogP contribution in [0.25, 0.3) is 11.4 Å². The van der Waals surface area contributed by atoms with Gasteiger partial charge in [-0.15, -0.1) is 0 Å². The molecule has 1 aromatic carbocycles. The van der Waals surface area contributed by atoms with Crippen LogP contribution in [0.5, 0.6) is 5.75 Å². The van der Waals surface area contributed by atoms with Gasteiger partial charge in [0, 0.05) is 24.2 Å². The molecular formula is C19H20N4O. The summed E-state index contributed by atoms with van der Waals surface area (Å²) in [7, 11) is 0. The number of phenolic OH excluding ortho intramolecular Hbond substituents is 1. The Morgan fingerprint density at radius 2 is 1.83 bits per heavy atom. The molecule has 2 aromatic heterocycles. The van der Waals surface area contributed by atoms with Gasteiger partial charge >= 0.3 is 0 Å². The first-order valence-electron chi connectivity index (χ1n) is 7.98. The maximum Gasteiger partial charge on any atom is 0.165 e. The van der Waals surface area contributed by atoms with Crippen LogP contribution in [0.15, 0.2) is 54.9 Å². The standard InChI is InChI=1S/C19H20N4O/c1-3-16(14-8-10-20-11-9-14)22-18-12-13(2)21-19(23-18)15-6-4-5-7-17(15)24/h4-12,16,24H,3H2,1-2H3,(H,21,22,23). The third-order valence-electron chi connectivity index (χ3n) is 3.84. The lowest BCUT2D eigenvalue weighted by atomic mass is 10.1. The van der Waals surface area contributed by atoms with Gasteiger partial charge in [-0.25, -0.2) is 9.97 Å². The molecule has 0 saturated heterocycles. The van der Waals surface area contributed by atoms with E-state index in [9.17, 15) is 5.11 Å². The molecule has 0 bridgehead atoms. The van der Waals surface area contributed by atoms with Crippen molar-refractivity contribution in [1.29, 1.82) is 0 Å². The first-order valence-corrected chi connectivity index (χ1v) is 7.98. The van der Waals surface area contributed by atoms with Crippen LogP contribution in [0.2, 0.25) is 0 Å². The maximum atomic E-state index is 10.0. The predicted octanol–water partition coefficient (Wildman–Crippen LogP) is 4.12. The van der Waals surface area contributed by atoms with E-state index in [2.05, 4.69) is 27.2 Å². The number of para-hydroxylation sites is 1. The van der Waals surface area contributed by atoms with Crippen molar-refractivity contribution in [3.05, 3.63) is 66.1 Å². The number of aryl methyl sites for hydroxylation is 1. The molecule has 1 atom stereocenters. The highest BCUT2D eigenvalue weighted by Gasteiger charge is 2.13. The zero-order valence-corrected chi connectivity index (χ0v) is 13.8. The van der Waals surface area contributed by atoms with E-state index in [1.165, 1.54) is 0 Å². The van der Waals surface area contributed by atoms with Gasteiger partial charge in [0.15, 0.2) is 5.82 Å². The highest BCUT2D eigenvalue weighted by molar-refractivity contribution is 5.64. The van der Waals surface area contributed by atoms with Crippen molar-refractivity contribution < 1.29 is 5.11 Å². The SMILES string of the molecule is CCC(Nc1cc(C)nc(-c2ccccc2O)n1)c1ccncc1. The second-order valence-electron chi connectivity index (χ2n) is 5.62. The summed E-state index contributed by atoms with van der Waals surface area (Å²) in [6, 6.07) is 13.1. The normalized spacial score (nSPS) is 11.9. The Labute approximate surface area is 141 Å². The van der Waals surface area contributed by atoms with Crippen LogP contribution in [0.1, 0.15) is 30.6 Å². The second-order valence-corrected chi connectivity index (χ2v) is 5.62. The fourth-order valence-electron chi connectivity index (χ4n) is 2.62. The summed E-state index contributed by atoms with van der Waals surface area (Å²) in [6.07, 6.45) is 4.50. The predicted molar refractivity (Wildman–Crippen MR) is 94.8 cm³/mol. The van der Waals surface area contributed by atoms with E-state index in [0.29, 0.717) is 11.4 Å². The number of aromatic nitrogens is 3. The zero-order chi connectivity index (χ0) is 16.9.